The summed E-state index contributed by atoms with van der Waals surface area (Å²) < 4.78 is 61.1. The molecule has 2 aromatic rings. The first-order valence-electron chi connectivity index (χ1n) is 10.3. The molecule has 4 rings (SSSR count). The predicted molar refractivity (Wildman–Crippen MR) is 116 cm³/mol. The zero-order chi connectivity index (χ0) is 22.2. The summed E-state index contributed by atoms with van der Waals surface area (Å²) in [5, 5.41) is 0. The van der Waals surface area contributed by atoms with Gasteiger partial charge in [0, 0.05) is 0 Å². The van der Waals surface area contributed by atoms with Crippen molar-refractivity contribution in [2.45, 2.75) is 30.1 Å². The molecule has 0 aromatic heterocycles. The van der Waals surface area contributed by atoms with Crippen molar-refractivity contribution in [2.75, 3.05) is 13.2 Å². The standard InChI is InChI=1S/C23H26O6S2/c1-16-3-9-20(10-4-16)30(24,25)28-14-22-18-7-8-19(13-18)23(22)15-29-31(26,27)21-11-5-17(2)6-12-21/h3-12,18-19,22-23H,13-15H2,1-2H3/t18-,19+,22-,23-/m0/s1. The van der Waals surface area contributed by atoms with Crippen LogP contribution in [0.1, 0.15) is 17.5 Å². The summed E-state index contributed by atoms with van der Waals surface area (Å²) in [6.07, 6.45) is 5.00. The van der Waals surface area contributed by atoms with Crippen molar-refractivity contribution in [1.29, 1.82) is 0 Å². The van der Waals surface area contributed by atoms with Crippen molar-refractivity contribution >= 4 is 20.2 Å². The van der Waals surface area contributed by atoms with E-state index in [0.717, 1.165) is 17.5 Å². The summed E-state index contributed by atoms with van der Waals surface area (Å²) in [6, 6.07) is 13.0. The highest BCUT2D eigenvalue weighted by atomic mass is 32.2. The molecule has 0 unspecified atom stereocenters. The Morgan fingerprint density at radius 2 is 1.03 bits per heavy atom. The van der Waals surface area contributed by atoms with Crippen LogP contribution in [0.5, 0.6) is 0 Å². The first-order valence-corrected chi connectivity index (χ1v) is 13.1. The van der Waals surface area contributed by atoms with E-state index in [-0.39, 0.29) is 46.7 Å². The molecule has 166 valence electrons. The highest BCUT2D eigenvalue weighted by Gasteiger charge is 2.45. The third kappa shape index (κ3) is 4.77. The summed E-state index contributed by atoms with van der Waals surface area (Å²) in [7, 11) is -7.76. The van der Waals surface area contributed by atoms with E-state index in [1.54, 1.807) is 24.3 Å². The van der Waals surface area contributed by atoms with Crippen molar-refractivity contribution in [3.8, 4) is 0 Å². The van der Waals surface area contributed by atoms with Crippen molar-refractivity contribution in [1.82, 2.24) is 0 Å². The van der Waals surface area contributed by atoms with E-state index in [4.69, 9.17) is 8.37 Å². The number of hydrogen-bond donors (Lipinski definition) is 0. The quantitative estimate of drug-likeness (QED) is 0.437. The summed E-state index contributed by atoms with van der Waals surface area (Å²) in [4.78, 5) is 0.234. The van der Waals surface area contributed by atoms with Gasteiger partial charge < -0.3 is 0 Å². The molecule has 6 nitrogen and oxygen atoms in total. The first-order chi connectivity index (χ1) is 14.7. The maximum atomic E-state index is 12.6. The Kier molecular flexibility index (Phi) is 6.09. The van der Waals surface area contributed by atoms with E-state index in [1.807, 2.05) is 13.8 Å². The second-order valence-electron chi connectivity index (χ2n) is 8.38. The van der Waals surface area contributed by atoms with Crippen LogP contribution in [0, 0.1) is 37.5 Å². The minimum atomic E-state index is -3.88. The largest absolute Gasteiger partial charge is 0.296 e. The van der Waals surface area contributed by atoms with Gasteiger partial charge in [-0.2, -0.15) is 16.8 Å². The smallest absolute Gasteiger partial charge is 0.266 e. The molecule has 0 aliphatic heterocycles. The molecule has 0 saturated heterocycles. The number of rotatable bonds is 8. The Hall–Kier alpha value is -2.00. The molecule has 1 saturated carbocycles. The van der Waals surface area contributed by atoms with Gasteiger partial charge in [-0.05, 0) is 68.2 Å². The van der Waals surface area contributed by atoms with Gasteiger partial charge in [-0.25, -0.2) is 0 Å². The van der Waals surface area contributed by atoms with E-state index < -0.39 is 20.2 Å². The molecule has 1 fully saturated rings. The van der Waals surface area contributed by atoms with Crippen LogP contribution in [0.25, 0.3) is 0 Å². The molecule has 4 atom stereocenters. The Labute approximate surface area is 184 Å². The van der Waals surface area contributed by atoms with Gasteiger partial charge in [0.05, 0.1) is 23.0 Å². The van der Waals surface area contributed by atoms with Gasteiger partial charge in [0.2, 0.25) is 0 Å². The fourth-order valence-electron chi connectivity index (χ4n) is 4.40. The second-order valence-corrected chi connectivity index (χ2v) is 11.6. The molecule has 8 heteroatoms. The molecule has 0 heterocycles. The minimum Gasteiger partial charge on any atom is -0.266 e. The lowest BCUT2D eigenvalue weighted by Gasteiger charge is -2.27. The van der Waals surface area contributed by atoms with Gasteiger partial charge in [-0.3, -0.25) is 8.37 Å². The average Bonchev–Trinajstić information content (AvgIpc) is 3.33. The van der Waals surface area contributed by atoms with E-state index in [0.29, 0.717) is 0 Å². The number of aryl methyl sites for hydroxylation is 2. The molecule has 2 bridgehead atoms. The molecule has 2 aliphatic rings. The Morgan fingerprint density at radius 3 is 1.39 bits per heavy atom. The minimum absolute atomic E-state index is 0.000320. The van der Waals surface area contributed by atoms with Crippen LogP contribution in [-0.4, -0.2) is 30.0 Å². The molecule has 0 spiro atoms. The van der Waals surface area contributed by atoms with Crippen LogP contribution in [0.4, 0.5) is 0 Å². The zero-order valence-electron chi connectivity index (χ0n) is 17.5. The fraction of sp³-hybridized carbons (Fsp3) is 0.391. The third-order valence-electron chi connectivity index (χ3n) is 6.25. The van der Waals surface area contributed by atoms with E-state index in [9.17, 15) is 16.8 Å². The Bertz CT molecular complexity index is 1070. The van der Waals surface area contributed by atoms with Crippen LogP contribution in [0.3, 0.4) is 0 Å². The van der Waals surface area contributed by atoms with Crippen molar-refractivity contribution in [3.63, 3.8) is 0 Å². The summed E-state index contributed by atoms with van der Waals surface area (Å²) in [6.45, 7) is 3.77. The molecule has 2 aromatic carbocycles. The Morgan fingerprint density at radius 1 is 0.677 bits per heavy atom. The summed E-state index contributed by atoms with van der Waals surface area (Å²) >= 11 is 0. The van der Waals surface area contributed by atoms with Crippen molar-refractivity contribution < 1.29 is 25.2 Å². The molecule has 0 N–H and O–H groups in total. The predicted octanol–water partition coefficient (Wildman–Crippen LogP) is 3.85. The van der Waals surface area contributed by atoms with Crippen LogP contribution in [0.15, 0.2) is 70.5 Å². The molecule has 0 radical (unpaired) electrons. The maximum Gasteiger partial charge on any atom is 0.296 e. The number of allylic oxidation sites excluding steroid dienone is 2. The lowest BCUT2D eigenvalue weighted by Crippen LogP contribution is -2.30. The van der Waals surface area contributed by atoms with Crippen molar-refractivity contribution in [2.24, 2.45) is 23.7 Å². The highest BCUT2D eigenvalue weighted by molar-refractivity contribution is 7.87. The highest BCUT2D eigenvalue weighted by Crippen LogP contribution is 2.48. The van der Waals surface area contributed by atoms with E-state index in [1.165, 1.54) is 24.3 Å². The van der Waals surface area contributed by atoms with Crippen LogP contribution >= 0.6 is 0 Å². The molecular weight excluding hydrogens is 436 g/mol. The van der Waals surface area contributed by atoms with Gasteiger partial charge >= 0.3 is 0 Å². The van der Waals surface area contributed by atoms with Gasteiger partial charge in [-0.1, -0.05) is 47.5 Å². The second kappa shape index (κ2) is 8.50. The van der Waals surface area contributed by atoms with Gasteiger partial charge in [-0.15, -0.1) is 0 Å². The van der Waals surface area contributed by atoms with Crippen LogP contribution in [0.2, 0.25) is 0 Å². The first kappa shape index (κ1) is 22.2. The SMILES string of the molecule is Cc1ccc(S(=O)(=O)OC[C@@H]2[C@@H](COS(=O)(=O)c3ccc(C)cc3)[C@H]3C=C[C@@H]2C3)cc1. The van der Waals surface area contributed by atoms with Crippen LogP contribution in [-0.2, 0) is 28.6 Å². The lowest BCUT2D eigenvalue weighted by molar-refractivity contribution is 0.138. The Balaban J connectivity index is 1.43. The maximum absolute atomic E-state index is 12.6. The average molecular weight is 463 g/mol. The molecule has 0 amide bonds. The molecule has 2 aliphatic carbocycles. The summed E-state index contributed by atoms with van der Waals surface area (Å²) in [5.41, 5.74) is 1.92. The fourth-order valence-corrected chi connectivity index (χ4v) is 6.29. The molecule has 31 heavy (non-hydrogen) atoms. The van der Waals surface area contributed by atoms with Gasteiger partial charge in [0.25, 0.3) is 20.2 Å². The lowest BCUT2D eigenvalue weighted by atomic mass is 9.84. The van der Waals surface area contributed by atoms with Crippen molar-refractivity contribution in [3.05, 3.63) is 71.8 Å². The number of fused-ring (bicyclic) bond motifs is 2. The zero-order valence-corrected chi connectivity index (χ0v) is 19.1. The monoisotopic (exact) mass is 462 g/mol. The van der Waals surface area contributed by atoms with Crippen LogP contribution < -0.4 is 0 Å². The summed E-state index contributed by atoms with van der Waals surface area (Å²) in [5.74, 6) is 0.0784. The third-order valence-corrected chi connectivity index (χ3v) is 8.84. The number of hydrogen-bond acceptors (Lipinski definition) is 6. The van der Waals surface area contributed by atoms with E-state index in [2.05, 4.69) is 12.2 Å². The normalized spacial score (nSPS) is 25.2. The van der Waals surface area contributed by atoms with Gasteiger partial charge in [0.1, 0.15) is 0 Å². The van der Waals surface area contributed by atoms with Gasteiger partial charge in [0.15, 0.2) is 0 Å². The van der Waals surface area contributed by atoms with E-state index >= 15 is 0 Å². The molecular formula is C23H26O6S2. The number of benzene rings is 2. The topological polar surface area (TPSA) is 86.7 Å².